The molecule has 30 heteroatoms. The summed E-state index contributed by atoms with van der Waals surface area (Å²) in [5.41, 5.74) is 0. The Morgan fingerprint density at radius 3 is 0.894 bits per heavy atom. The monoisotopic (exact) mass is 784 g/mol. The van der Waals surface area contributed by atoms with Gasteiger partial charge in [-0.1, -0.05) is 0 Å². The third-order valence-electron chi connectivity index (χ3n) is 5.68. The van der Waals surface area contributed by atoms with Gasteiger partial charge in [0.15, 0.2) is 0 Å². The summed E-state index contributed by atoms with van der Waals surface area (Å²) in [5, 5.41) is -7.90. The quantitative estimate of drug-likeness (QED) is 0.132. The van der Waals surface area contributed by atoms with E-state index in [0.29, 0.717) is 4.72 Å². The standard InChI is InChI=1S/C17H13F25N2O2S/c1-44(2)5-3-4-43-47(45,46)17(41,42)15(36,37)13(32,33)11(28,29)9(24,25)7(20,21)6(18,19)8(22,23)10(26,27)12(30,31)14(34,35)16(38,39)40/h43H,3-5H2,1-2H3. The van der Waals surface area contributed by atoms with E-state index in [9.17, 15) is 118 Å². The lowest BCUT2D eigenvalue weighted by Gasteiger charge is -2.45. The summed E-state index contributed by atoms with van der Waals surface area (Å²) in [7, 11) is -5.20. The summed E-state index contributed by atoms with van der Waals surface area (Å²) in [4.78, 5) is 1.09. The van der Waals surface area contributed by atoms with Crippen LogP contribution in [0, 0.1) is 0 Å². The zero-order chi connectivity index (χ0) is 38.9. The molecule has 1 N–H and O–H groups in total. The number of sulfonamides is 1. The average Bonchev–Trinajstić information content (AvgIpc) is 2.84. The Labute approximate surface area is 243 Å². The highest BCUT2D eigenvalue weighted by Crippen LogP contribution is 2.67. The molecule has 0 aromatic carbocycles. The molecule has 0 rings (SSSR count). The first-order chi connectivity index (χ1) is 19.9. The normalized spacial score (nSPS) is 16.7. The van der Waals surface area contributed by atoms with Gasteiger partial charge in [0.25, 0.3) is 10.0 Å². The fourth-order valence-corrected chi connectivity index (χ4v) is 3.86. The van der Waals surface area contributed by atoms with Crippen molar-refractivity contribution in [3.05, 3.63) is 0 Å². The summed E-state index contributed by atoms with van der Waals surface area (Å²) >= 11 is 0. The van der Waals surface area contributed by atoms with Crippen LogP contribution < -0.4 is 4.72 Å². The zero-order valence-electron chi connectivity index (χ0n) is 21.7. The van der Waals surface area contributed by atoms with Gasteiger partial charge >= 0.3 is 70.7 Å². The molecule has 0 radical (unpaired) electrons. The van der Waals surface area contributed by atoms with Crippen LogP contribution in [0.2, 0.25) is 0 Å². The first-order valence-electron chi connectivity index (χ1n) is 10.8. The van der Waals surface area contributed by atoms with E-state index in [1.54, 1.807) is 0 Å². The summed E-state index contributed by atoms with van der Waals surface area (Å²) in [6, 6.07) is 0. The molecule has 4 nitrogen and oxygen atoms in total. The van der Waals surface area contributed by atoms with E-state index < -0.39 is 93.6 Å². The van der Waals surface area contributed by atoms with Gasteiger partial charge in [0.2, 0.25) is 0 Å². The highest BCUT2D eigenvalue weighted by atomic mass is 32.2. The van der Waals surface area contributed by atoms with E-state index in [1.807, 2.05) is 0 Å². The Balaban J connectivity index is 7.25. The summed E-state index contributed by atoms with van der Waals surface area (Å²) in [6.07, 6.45) is -8.95. The van der Waals surface area contributed by atoms with Crippen LogP contribution in [0.5, 0.6) is 0 Å². The Bertz CT molecular complexity index is 1220. The lowest BCUT2D eigenvalue weighted by Crippen LogP contribution is -2.78. The van der Waals surface area contributed by atoms with Crippen LogP contribution in [0.4, 0.5) is 110 Å². The van der Waals surface area contributed by atoms with Gasteiger partial charge in [-0.25, -0.2) is 13.1 Å². The fraction of sp³-hybridized carbons (Fsp3) is 1.00. The number of alkyl halides is 25. The largest absolute Gasteiger partial charge is 0.460 e. The molecule has 0 unspecified atom stereocenters. The Morgan fingerprint density at radius 2 is 0.660 bits per heavy atom. The predicted molar refractivity (Wildman–Crippen MR) is 101 cm³/mol. The molecule has 0 bridgehead atoms. The number of nitrogens with one attached hydrogen (secondary N) is 1. The number of nitrogens with zero attached hydrogens (tertiary/aromatic N) is 1. The molecule has 284 valence electrons. The predicted octanol–water partition coefficient (Wildman–Crippen LogP) is 7.37. The lowest BCUT2D eigenvalue weighted by molar-refractivity contribution is -0.480. The molecule has 0 spiro atoms. The maximum atomic E-state index is 13.9. The van der Waals surface area contributed by atoms with E-state index in [4.69, 9.17) is 0 Å². The first kappa shape index (κ1) is 45.1. The summed E-state index contributed by atoms with van der Waals surface area (Å²) in [6.45, 7) is -1.87. The van der Waals surface area contributed by atoms with E-state index >= 15 is 0 Å². The van der Waals surface area contributed by atoms with Crippen molar-refractivity contribution in [2.75, 3.05) is 27.2 Å². The minimum atomic E-state index is -9.72. The first-order valence-corrected chi connectivity index (χ1v) is 12.3. The molecule has 0 amide bonds. The minimum Gasteiger partial charge on any atom is -0.309 e. The zero-order valence-corrected chi connectivity index (χ0v) is 22.6. The third kappa shape index (κ3) is 6.01. The van der Waals surface area contributed by atoms with Gasteiger partial charge in [-0.3, -0.25) is 0 Å². The molecule has 0 aliphatic carbocycles. The molecule has 0 saturated heterocycles. The second kappa shape index (κ2) is 11.9. The molecule has 0 heterocycles. The Kier molecular flexibility index (Phi) is 11.4. The molecule has 0 aromatic heterocycles. The van der Waals surface area contributed by atoms with Gasteiger partial charge in [0.05, 0.1) is 0 Å². The molecular formula is C17H13F25N2O2S. The van der Waals surface area contributed by atoms with Crippen molar-refractivity contribution in [3.63, 3.8) is 0 Å². The van der Waals surface area contributed by atoms with Crippen molar-refractivity contribution in [3.8, 4) is 0 Å². The molecule has 0 aliphatic heterocycles. The second-order valence-electron chi connectivity index (χ2n) is 9.31. The Hall–Kier alpha value is -1.88. The molecule has 0 aromatic rings. The van der Waals surface area contributed by atoms with Crippen LogP contribution in [0.3, 0.4) is 0 Å². The van der Waals surface area contributed by atoms with Gasteiger partial charge < -0.3 is 4.90 Å². The van der Waals surface area contributed by atoms with Gasteiger partial charge in [0, 0.05) is 6.54 Å². The van der Waals surface area contributed by atoms with E-state index in [1.165, 1.54) is 14.1 Å². The molecule has 0 saturated carbocycles. The highest BCUT2D eigenvalue weighted by Gasteiger charge is 3.00. The van der Waals surface area contributed by atoms with Crippen molar-refractivity contribution in [2.24, 2.45) is 0 Å². The maximum absolute atomic E-state index is 13.9. The topological polar surface area (TPSA) is 49.4 Å². The number of hydrogen-bond donors (Lipinski definition) is 1. The fourth-order valence-electron chi connectivity index (χ4n) is 2.80. The molecule has 0 atom stereocenters. The molecule has 0 aliphatic rings. The van der Waals surface area contributed by atoms with Crippen molar-refractivity contribution in [2.45, 2.75) is 77.1 Å². The molecular weight excluding hydrogens is 771 g/mol. The minimum absolute atomic E-state index is 0.338. The van der Waals surface area contributed by atoms with Gasteiger partial charge in [-0.2, -0.15) is 110 Å². The van der Waals surface area contributed by atoms with Crippen LogP contribution in [0.15, 0.2) is 0 Å². The van der Waals surface area contributed by atoms with Gasteiger partial charge in [-0.05, 0) is 27.1 Å². The van der Waals surface area contributed by atoms with Crippen LogP contribution in [0.25, 0.3) is 0 Å². The van der Waals surface area contributed by atoms with Crippen LogP contribution in [-0.2, 0) is 10.0 Å². The molecule has 0 fully saturated rings. The van der Waals surface area contributed by atoms with Crippen molar-refractivity contribution in [1.82, 2.24) is 9.62 Å². The van der Waals surface area contributed by atoms with E-state index in [2.05, 4.69) is 0 Å². The maximum Gasteiger partial charge on any atom is 0.460 e. The van der Waals surface area contributed by atoms with Crippen molar-refractivity contribution < 1.29 is 118 Å². The van der Waals surface area contributed by atoms with Gasteiger partial charge in [-0.15, -0.1) is 0 Å². The van der Waals surface area contributed by atoms with Gasteiger partial charge in [0.1, 0.15) is 0 Å². The number of rotatable bonds is 16. The number of hydrogen-bond acceptors (Lipinski definition) is 3. The van der Waals surface area contributed by atoms with Crippen molar-refractivity contribution in [1.29, 1.82) is 0 Å². The SMILES string of the molecule is CN(C)CCCNS(=O)(=O)C(F)(F)C(F)(F)C(F)(F)C(F)(F)C(F)(F)C(F)(F)C(F)(F)C(F)(F)C(F)(F)C(F)(F)C(F)(F)C(F)(F)F. The third-order valence-corrected chi connectivity index (χ3v) is 7.20. The highest BCUT2D eigenvalue weighted by molar-refractivity contribution is 7.90. The number of halogens is 25. The molecule has 47 heavy (non-hydrogen) atoms. The summed E-state index contributed by atoms with van der Waals surface area (Å²) < 4.78 is 359. The van der Waals surface area contributed by atoms with Crippen LogP contribution >= 0.6 is 0 Å². The van der Waals surface area contributed by atoms with E-state index in [0.717, 1.165) is 4.90 Å². The summed E-state index contributed by atoms with van der Waals surface area (Å²) in [5.74, 6) is -93.5. The van der Waals surface area contributed by atoms with Crippen LogP contribution in [0.1, 0.15) is 6.42 Å². The average molecular weight is 784 g/mol. The van der Waals surface area contributed by atoms with Crippen LogP contribution in [-0.4, -0.2) is 111 Å². The smallest absolute Gasteiger partial charge is 0.309 e. The lowest BCUT2D eigenvalue weighted by atomic mass is 9.85. The Morgan fingerprint density at radius 1 is 0.426 bits per heavy atom. The second-order valence-corrected chi connectivity index (χ2v) is 11.1. The van der Waals surface area contributed by atoms with Crippen molar-refractivity contribution >= 4 is 10.0 Å². The van der Waals surface area contributed by atoms with E-state index in [-0.39, 0.29) is 6.54 Å².